The lowest BCUT2D eigenvalue weighted by molar-refractivity contribution is 0.0739. The Labute approximate surface area is 175 Å². The molecule has 0 saturated carbocycles. The summed E-state index contributed by atoms with van der Waals surface area (Å²) in [5.41, 5.74) is 1.36. The highest BCUT2D eigenvalue weighted by molar-refractivity contribution is 6.44. The van der Waals surface area contributed by atoms with Crippen LogP contribution < -0.4 is 0 Å². The van der Waals surface area contributed by atoms with Gasteiger partial charge in [-0.3, -0.25) is 4.40 Å². The van der Waals surface area contributed by atoms with Crippen molar-refractivity contribution >= 4 is 40.6 Å². The van der Waals surface area contributed by atoms with Gasteiger partial charge in [-0.2, -0.15) is 0 Å². The van der Waals surface area contributed by atoms with E-state index >= 15 is 0 Å². The van der Waals surface area contributed by atoms with Crippen LogP contribution in [0.5, 0.6) is 0 Å². The first-order valence-corrected chi connectivity index (χ1v) is 9.43. The number of aliphatic hydroxyl groups is 1. The molecular weight excluding hydrogens is 421 g/mol. The third-order valence-corrected chi connectivity index (χ3v) is 5.18. The van der Waals surface area contributed by atoms with E-state index in [0.29, 0.717) is 43.6 Å². The third kappa shape index (κ3) is 3.44. The maximum Gasteiger partial charge on any atom is 0.234 e. The van der Waals surface area contributed by atoms with Crippen molar-refractivity contribution in [3.05, 3.63) is 63.6 Å². The molecule has 0 bridgehead atoms. The van der Waals surface area contributed by atoms with Crippen LogP contribution in [0.25, 0.3) is 28.6 Å². The van der Waals surface area contributed by atoms with Gasteiger partial charge in [0.05, 0.1) is 33.3 Å². The van der Waals surface area contributed by atoms with Gasteiger partial charge in [-0.05, 0) is 38.1 Å². The minimum absolute atomic E-state index is 0.330. The van der Waals surface area contributed by atoms with Crippen LogP contribution in [-0.4, -0.2) is 29.4 Å². The number of hydrogen-bond acceptors (Lipinski definition) is 5. The SMILES string of the molecule is CC(C)(O)c1ccn2c(-c3ccnc(-c4cc(Cl)cc(Cl)c4Cl)n3)cnc2n1. The number of aromatic nitrogens is 5. The Morgan fingerprint density at radius 3 is 2.57 bits per heavy atom. The van der Waals surface area contributed by atoms with E-state index < -0.39 is 5.60 Å². The van der Waals surface area contributed by atoms with Crippen molar-refractivity contribution in [1.29, 1.82) is 0 Å². The van der Waals surface area contributed by atoms with Gasteiger partial charge in [-0.25, -0.2) is 19.9 Å². The monoisotopic (exact) mass is 433 g/mol. The fourth-order valence-electron chi connectivity index (χ4n) is 2.75. The highest BCUT2D eigenvalue weighted by Crippen LogP contribution is 2.35. The largest absolute Gasteiger partial charge is 0.384 e. The van der Waals surface area contributed by atoms with E-state index in [2.05, 4.69) is 19.9 Å². The maximum absolute atomic E-state index is 10.2. The van der Waals surface area contributed by atoms with E-state index in [0.717, 1.165) is 5.69 Å². The van der Waals surface area contributed by atoms with Crippen LogP contribution in [0.3, 0.4) is 0 Å². The molecule has 1 aromatic carbocycles. The van der Waals surface area contributed by atoms with Crippen molar-refractivity contribution in [2.45, 2.75) is 19.4 Å². The Morgan fingerprint density at radius 1 is 1.04 bits per heavy atom. The Kier molecular flexibility index (Phi) is 4.75. The van der Waals surface area contributed by atoms with Gasteiger partial charge < -0.3 is 5.11 Å². The lowest BCUT2D eigenvalue weighted by atomic mass is 10.1. The summed E-state index contributed by atoms with van der Waals surface area (Å²) >= 11 is 18.5. The topological polar surface area (TPSA) is 76.2 Å². The Bertz CT molecular complexity index is 1200. The summed E-state index contributed by atoms with van der Waals surface area (Å²) in [6.45, 7) is 3.35. The lowest BCUT2D eigenvalue weighted by Gasteiger charge is -2.16. The number of rotatable bonds is 3. The molecule has 9 heteroatoms. The Hall–Kier alpha value is -2.25. The summed E-state index contributed by atoms with van der Waals surface area (Å²) in [4.78, 5) is 17.6. The van der Waals surface area contributed by atoms with E-state index in [9.17, 15) is 5.11 Å². The van der Waals surface area contributed by atoms with E-state index in [-0.39, 0.29) is 0 Å². The molecule has 3 aromatic heterocycles. The zero-order valence-corrected chi connectivity index (χ0v) is 17.1. The molecule has 0 aliphatic carbocycles. The molecule has 0 aliphatic rings. The smallest absolute Gasteiger partial charge is 0.234 e. The summed E-state index contributed by atoms with van der Waals surface area (Å²) in [6, 6.07) is 6.74. The van der Waals surface area contributed by atoms with Crippen molar-refractivity contribution in [3.8, 4) is 22.8 Å². The zero-order chi connectivity index (χ0) is 20.1. The molecule has 0 fully saturated rings. The van der Waals surface area contributed by atoms with Crippen LogP contribution >= 0.6 is 34.8 Å². The highest BCUT2D eigenvalue weighted by Gasteiger charge is 2.20. The number of benzene rings is 1. The predicted octanol–water partition coefficient (Wildman–Crippen LogP) is 5.04. The van der Waals surface area contributed by atoms with Crippen LogP contribution in [0, 0.1) is 0 Å². The summed E-state index contributed by atoms with van der Waals surface area (Å²) < 4.78 is 1.79. The minimum atomic E-state index is -1.06. The molecule has 0 spiro atoms. The standard InChI is InChI=1S/C19H14Cl3N5O/c1-19(2,28)15-4-6-27-14(9-24-18(27)26-15)13-3-5-23-17(25-13)11-7-10(20)8-12(21)16(11)22/h3-9,28H,1-2H3. The quantitative estimate of drug-likeness (QED) is 0.457. The van der Waals surface area contributed by atoms with Crippen molar-refractivity contribution in [3.63, 3.8) is 0 Å². The van der Waals surface area contributed by atoms with Gasteiger partial charge in [-0.15, -0.1) is 0 Å². The number of hydrogen-bond donors (Lipinski definition) is 1. The molecule has 0 radical (unpaired) electrons. The van der Waals surface area contributed by atoms with Gasteiger partial charge in [0.25, 0.3) is 0 Å². The summed E-state index contributed by atoms with van der Waals surface area (Å²) in [7, 11) is 0. The van der Waals surface area contributed by atoms with Crippen molar-refractivity contribution < 1.29 is 5.11 Å². The molecule has 0 unspecified atom stereocenters. The lowest BCUT2D eigenvalue weighted by Crippen LogP contribution is -2.18. The summed E-state index contributed by atoms with van der Waals surface area (Å²) in [5, 5.41) is 11.3. The first kappa shape index (κ1) is 19.1. The molecule has 4 aromatic rings. The highest BCUT2D eigenvalue weighted by atomic mass is 35.5. The number of imidazole rings is 1. The fraction of sp³-hybridized carbons (Fsp3) is 0.158. The molecule has 0 aliphatic heterocycles. The van der Waals surface area contributed by atoms with Crippen LogP contribution in [0.4, 0.5) is 0 Å². The van der Waals surface area contributed by atoms with Crippen LogP contribution in [0.2, 0.25) is 15.1 Å². The average molecular weight is 435 g/mol. The predicted molar refractivity (Wildman–Crippen MR) is 110 cm³/mol. The van der Waals surface area contributed by atoms with Crippen molar-refractivity contribution in [1.82, 2.24) is 24.3 Å². The molecule has 0 saturated heterocycles. The number of halogens is 3. The second-order valence-corrected chi connectivity index (χ2v) is 7.92. The normalized spacial score (nSPS) is 11.9. The Balaban J connectivity index is 1.83. The molecule has 0 amide bonds. The molecule has 1 N–H and O–H groups in total. The maximum atomic E-state index is 10.2. The zero-order valence-electron chi connectivity index (χ0n) is 14.9. The van der Waals surface area contributed by atoms with E-state index in [4.69, 9.17) is 34.8 Å². The van der Waals surface area contributed by atoms with Crippen LogP contribution in [-0.2, 0) is 5.60 Å². The molecule has 3 heterocycles. The molecule has 6 nitrogen and oxygen atoms in total. The van der Waals surface area contributed by atoms with Crippen LogP contribution in [0.15, 0.2) is 42.9 Å². The molecule has 4 rings (SSSR count). The van der Waals surface area contributed by atoms with E-state index in [1.165, 1.54) is 0 Å². The van der Waals surface area contributed by atoms with Crippen molar-refractivity contribution in [2.75, 3.05) is 0 Å². The first-order chi connectivity index (χ1) is 13.2. The van der Waals surface area contributed by atoms with Gasteiger partial charge in [-0.1, -0.05) is 34.8 Å². The minimum Gasteiger partial charge on any atom is -0.384 e. The average Bonchev–Trinajstić information content (AvgIpc) is 3.07. The van der Waals surface area contributed by atoms with E-state index in [1.54, 1.807) is 61.1 Å². The third-order valence-electron chi connectivity index (χ3n) is 4.16. The van der Waals surface area contributed by atoms with Gasteiger partial charge in [0, 0.05) is 23.0 Å². The van der Waals surface area contributed by atoms with E-state index in [1.807, 2.05) is 0 Å². The van der Waals surface area contributed by atoms with Crippen molar-refractivity contribution in [2.24, 2.45) is 0 Å². The summed E-state index contributed by atoms with van der Waals surface area (Å²) in [6.07, 6.45) is 5.08. The fourth-order valence-corrected chi connectivity index (χ4v) is 3.44. The second kappa shape index (κ2) is 6.97. The van der Waals surface area contributed by atoms with Gasteiger partial charge >= 0.3 is 0 Å². The number of nitrogens with zero attached hydrogens (tertiary/aromatic N) is 5. The van der Waals surface area contributed by atoms with Gasteiger partial charge in [0.2, 0.25) is 5.78 Å². The molecule has 142 valence electrons. The Morgan fingerprint density at radius 2 is 1.82 bits per heavy atom. The van der Waals surface area contributed by atoms with Gasteiger partial charge in [0.15, 0.2) is 5.82 Å². The summed E-state index contributed by atoms with van der Waals surface area (Å²) in [5.74, 6) is 0.849. The van der Waals surface area contributed by atoms with Crippen LogP contribution in [0.1, 0.15) is 19.5 Å². The molecule has 28 heavy (non-hydrogen) atoms. The first-order valence-electron chi connectivity index (χ1n) is 8.29. The molecule has 0 atom stereocenters. The molecular formula is C19H14Cl3N5O. The number of fused-ring (bicyclic) bond motifs is 1. The second-order valence-electron chi connectivity index (χ2n) is 6.70. The van der Waals surface area contributed by atoms with Gasteiger partial charge in [0.1, 0.15) is 5.60 Å².